The first-order valence-corrected chi connectivity index (χ1v) is 6.39. The molecule has 0 bridgehead atoms. The third-order valence-electron chi connectivity index (χ3n) is 2.60. The van der Waals surface area contributed by atoms with Crippen molar-refractivity contribution in [2.45, 2.75) is 13.8 Å². The number of aromatic nitrogens is 2. The molecule has 3 N–H and O–H groups in total. The average Bonchev–Trinajstić information content (AvgIpc) is 2.93. The van der Waals surface area contributed by atoms with Crippen LogP contribution in [0.2, 0.25) is 0 Å². The molecule has 4 nitrogen and oxygen atoms in total. The molecule has 0 unspecified atom stereocenters. The largest absolute Gasteiger partial charge is 0.434 e. The van der Waals surface area contributed by atoms with E-state index in [1.807, 2.05) is 26.0 Å². The predicted molar refractivity (Wildman–Crippen MR) is 78.3 cm³/mol. The number of fused-ring (bicyclic) bond motifs is 1. The van der Waals surface area contributed by atoms with E-state index in [0.717, 1.165) is 10.9 Å². The molecule has 0 aliphatic heterocycles. The Labute approximate surface area is 116 Å². The molecule has 0 aliphatic rings. The van der Waals surface area contributed by atoms with E-state index in [1.54, 1.807) is 18.5 Å². The van der Waals surface area contributed by atoms with E-state index in [9.17, 15) is 4.39 Å². The van der Waals surface area contributed by atoms with Gasteiger partial charge in [-0.25, -0.2) is 9.37 Å². The van der Waals surface area contributed by atoms with Gasteiger partial charge in [0.25, 0.3) is 0 Å². The first-order chi connectivity index (χ1) is 9.74. The summed E-state index contributed by atoms with van der Waals surface area (Å²) in [5.41, 5.74) is 6.56. The zero-order chi connectivity index (χ0) is 14.5. The lowest BCUT2D eigenvalue weighted by Crippen LogP contribution is -1.93. The van der Waals surface area contributed by atoms with Gasteiger partial charge in [0.05, 0.1) is 0 Å². The van der Waals surface area contributed by atoms with Crippen LogP contribution in [0.1, 0.15) is 13.8 Å². The minimum Gasteiger partial charge on any atom is -0.434 e. The number of aromatic amines is 1. The van der Waals surface area contributed by atoms with Gasteiger partial charge >= 0.3 is 0 Å². The molecular formula is C15H16FN3O. The van der Waals surface area contributed by atoms with Gasteiger partial charge < -0.3 is 15.5 Å². The minimum atomic E-state index is -0.514. The summed E-state index contributed by atoms with van der Waals surface area (Å²) in [5.74, 6) is -0.0830. The molecule has 2 aromatic heterocycles. The van der Waals surface area contributed by atoms with Gasteiger partial charge in [0.15, 0.2) is 11.6 Å². The van der Waals surface area contributed by atoms with Crippen molar-refractivity contribution in [2.75, 3.05) is 5.73 Å². The standard InChI is InChI=1S/C13H10FN3O.C2H6/c14-10-7-9(15)1-2-11(10)18-13-12-8(3-5-16-12)4-6-17-13;1-2/h1-7,16H,15H2;1-2H3. The normalized spacial score (nSPS) is 9.95. The van der Waals surface area contributed by atoms with Crippen LogP contribution >= 0.6 is 0 Å². The molecule has 2 heterocycles. The van der Waals surface area contributed by atoms with Crippen LogP contribution in [0.3, 0.4) is 0 Å². The Hall–Kier alpha value is -2.56. The number of pyridine rings is 1. The molecule has 0 saturated heterocycles. The number of nitrogens with one attached hydrogen (secondary N) is 1. The molecule has 5 heteroatoms. The summed E-state index contributed by atoms with van der Waals surface area (Å²) in [4.78, 5) is 7.09. The fraction of sp³-hybridized carbons (Fsp3) is 0.133. The summed E-state index contributed by atoms with van der Waals surface area (Å²) in [7, 11) is 0. The molecule has 0 atom stereocenters. The number of ether oxygens (including phenoxy) is 1. The molecule has 20 heavy (non-hydrogen) atoms. The Morgan fingerprint density at radius 1 is 1.20 bits per heavy atom. The van der Waals surface area contributed by atoms with Crippen molar-refractivity contribution in [3.8, 4) is 11.6 Å². The topological polar surface area (TPSA) is 63.9 Å². The monoisotopic (exact) mass is 273 g/mol. The number of rotatable bonds is 2. The average molecular weight is 273 g/mol. The highest BCUT2D eigenvalue weighted by Gasteiger charge is 2.09. The van der Waals surface area contributed by atoms with Crippen LogP contribution in [-0.4, -0.2) is 9.97 Å². The second-order valence-electron chi connectivity index (χ2n) is 3.85. The zero-order valence-electron chi connectivity index (χ0n) is 11.4. The summed E-state index contributed by atoms with van der Waals surface area (Å²) in [6.07, 6.45) is 3.39. The fourth-order valence-corrected chi connectivity index (χ4v) is 1.74. The Morgan fingerprint density at radius 2 is 2.00 bits per heavy atom. The van der Waals surface area contributed by atoms with E-state index < -0.39 is 5.82 Å². The van der Waals surface area contributed by atoms with Gasteiger partial charge in [-0.15, -0.1) is 0 Å². The maximum atomic E-state index is 13.6. The smallest absolute Gasteiger partial charge is 0.243 e. The van der Waals surface area contributed by atoms with Crippen molar-refractivity contribution in [1.29, 1.82) is 0 Å². The molecule has 0 radical (unpaired) electrons. The minimum absolute atomic E-state index is 0.0961. The predicted octanol–water partition coefficient (Wildman–Crippen LogP) is 4.10. The molecule has 1 aromatic carbocycles. The van der Waals surface area contributed by atoms with Crippen molar-refractivity contribution in [3.05, 3.63) is 48.5 Å². The molecule has 0 aliphatic carbocycles. The number of nitrogen functional groups attached to an aromatic ring is 1. The van der Waals surface area contributed by atoms with Crippen LogP contribution in [0.5, 0.6) is 11.6 Å². The zero-order valence-corrected chi connectivity index (χ0v) is 11.4. The SMILES string of the molecule is CC.Nc1ccc(Oc2nccc3cc[nH]c23)c(F)c1. The van der Waals surface area contributed by atoms with E-state index in [2.05, 4.69) is 9.97 Å². The van der Waals surface area contributed by atoms with E-state index in [0.29, 0.717) is 11.6 Å². The fourth-order valence-electron chi connectivity index (χ4n) is 1.74. The maximum Gasteiger partial charge on any atom is 0.243 e. The van der Waals surface area contributed by atoms with E-state index in [1.165, 1.54) is 12.1 Å². The van der Waals surface area contributed by atoms with Gasteiger partial charge in [-0.2, -0.15) is 0 Å². The first-order valence-electron chi connectivity index (χ1n) is 6.39. The lowest BCUT2D eigenvalue weighted by Gasteiger charge is -2.07. The van der Waals surface area contributed by atoms with Crippen molar-refractivity contribution in [2.24, 2.45) is 0 Å². The molecule has 0 spiro atoms. The Kier molecular flexibility index (Phi) is 4.20. The molecule has 0 amide bonds. The van der Waals surface area contributed by atoms with Crippen LogP contribution in [0.15, 0.2) is 42.7 Å². The van der Waals surface area contributed by atoms with E-state index in [4.69, 9.17) is 10.5 Å². The Morgan fingerprint density at radius 3 is 2.75 bits per heavy atom. The lowest BCUT2D eigenvalue weighted by atomic mass is 10.3. The molecule has 0 saturated carbocycles. The van der Waals surface area contributed by atoms with Gasteiger partial charge in [-0.3, -0.25) is 0 Å². The van der Waals surface area contributed by atoms with Crippen LogP contribution in [0, 0.1) is 5.82 Å². The maximum absolute atomic E-state index is 13.6. The van der Waals surface area contributed by atoms with Gasteiger partial charge in [-0.1, -0.05) is 13.8 Å². The van der Waals surface area contributed by atoms with E-state index >= 15 is 0 Å². The number of hydrogen-bond acceptors (Lipinski definition) is 3. The van der Waals surface area contributed by atoms with Crippen LogP contribution < -0.4 is 10.5 Å². The lowest BCUT2D eigenvalue weighted by molar-refractivity contribution is 0.432. The van der Waals surface area contributed by atoms with Crippen LogP contribution in [0.4, 0.5) is 10.1 Å². The second-order valence-corrected chi connectivity index (χ2v) is 3.85. The Balaban J connectivity index is 0.000000704. The highest BCUT2D eigenvalue weighted by molar-refractivity contribution is 5.83. The van der Waals surface area contributed by atoms with Gasteiger partial charge in [-0.05, 0) is 24.3 Å². The summed E-state index contributed by atoms with van der Waals surface area (Å²) < 4.78 is 19.1. The van der Waals surface area contributed by atoms with Gasteiger partial charge in [0.1, 0.15) is 5.52 Å². The van der Waals surface area contributed by atoms with Crippen LogP contribution in [0.25, 0.3) is 10.9 Å². The highest BCUT2D eigenvalue weighted by atomic mass is 19.1. The summed E-state index contributed by atoms with van der Waals surface area (Å²) in [5, 5.41) is 0.954. The third kappa shape index (κ3) is 2.71. The third-order valence-corrected chi connectivity index (χ3v) is 2.60. The quantitative estimate of drug-likeness (QED) is 0.691. The van der Waals surface area contributed by atoms with Crippen LogP contribution in [-0.2, 0) is 0 Å². The second kappa shape index (κ2) is 6.06. The molecular weight excluding hydrogens is 257 g/mol. The first kappa shape index (κ1) is 13.9. The van der Waals surface area contributed by atoms with Gasteiger partial charge in [0.2, 0.25) is 5.88 Å². The number of nitrogens with two attached hydrogens (primary N) is 1. The molecule has 3 rings (SSSR count). The number of benzene rings is 1. The van der Waals surface area contributed by atoms with Gasteiger partial charge in [0, 0.05) is 29.5 Å². The number of nitrogens with zero attached hydrogens (tertiary/aromatic N) is 1. The highest BCUT2D eigenvalue weighted by Crippen LogP contribution is 2.28. The molecule has 0 fully saturated rings. The molecule has 104 valence electrons. The molecule has 3 aromatic rings. The summed E-state index contributed by atoms with van der Waals surface area (Å²) >= 11 is 0. The number of anilines is 1. The number of H-pyrrole nitrogens is 1. The number of hydrogen-bond donors (Lipinski definition) is 2. The van der Waals surface area contributed by atoms with E-state index in [-0.39, 0.29) is 5.75 Å². The van der Waals surface area contributed by atoms with Crippen molar-refractivity contribution in [1.82, 2.24) is 9.97 Å². The summed E-state index contributed by atoms with van der Waals surface area (Å²) in [6, 6.07) is 8.01. The van der Waals surface area contributed by atoms with Crippen molar-refractivity contribution < 1.29 is 9.13 Å². The number of halogens is 1. The Bertz CT molecular complexity index is 709. The van der Waals surface area contributed by atoms with Crippen molar-refractivity contribution in [3.63, 3.8) is 0 Å². The van der Waals surface area contributed by atoms with Crippen molar-refractivity contribution >= 4 is 16.6 Å². The summed E-state index contributed by atoms with van der Waals surface area (Å²) in [6.45, 7) is 4.00.